The van der Waals surface area contributed by atoms with Gasteiger partial charge < -0.3 is 10.0 Å². The summed E-state index contributed by atoms with van der Waals surface area (Å²) in [4.78, 5) is 51.1. The van der Waals surface area contributed by atoms with Crippen molar-refractivity contribution in [2.45, 2.75) is 38.0 Å². The third-order valence-corrected chi connectivity index (χ3v) is 6.48. The number of carbonyl (C=O) groups is 4. The Balaban J connectivity index is 1.94. The number of benzene rings is 2. The molecule has 1 fully saturated rings. The van der Waals surface area contributed by atoms with Gasteiger partial charge >= 0.3 is 5.97 Å². The zero-order chi connectivity index (χ0) is 21.1. The second-order valence-electron chi connectivity index (χ2n) is 7.24. The van der Waals surface area contributed by atoms with Crippen molar-refractivity contribution >= 4 is 45.3 Å². The van der Waals surface area contributed by atoms with Crippen molar-refractivity contribution in [1.82, 2.24) is 4.90 Å². The molecular formula is C22H23NO5S. The van der Waals surface area contributed by atoms with Gasteiger partial charge in [-0.2, -0.15) is 0 Å². The molecule has 1 aliphatic heterocycles. The van der Waals surface area contributed by atoms with E-state index in [9.17, 15) is 24.3 Å². The van der Waals surface area contributed by atoms with Gasteiger partial charge in [-0.25, -0.2) is 4.79 Å². The molecule has 7 heteroatoms. The zero-order valence-corrected chi connectivity index (χ0v) is 17.1. The van der Waals surface area contributed by atoms with E-state index >= 15 is 0 Å². The third kappa shape index (κ3) is 4.34. The molecule has 0 radical (unpaired) electrons. The molecule has 152 valence electrons. The summed E-state index contributed by atoms with van der Waals surface area (Å²) in [5.74, 6) is -2.56. The SMILES string of the molecule is CC(=O)SC(C(=O)c1cccc2ccccc12)C(C)C(=O)N1CCC[C@H]1C(=O)O. The van der Waals surface area contributed by atoms with E-state index in [1.807, 2.05) is 30.3 Å². The number of aliphatic carboxylic acids is 1. The van der Waals surface area contributed by atoms with Crippen molar-refractivity contribution in [3.05, 3.63) is 48.0 Å². The highest BCUT2D eigenvalue weighted by atomic mass is 32.2. The first kappa shape index (κ1) is 21.0. The number of thioether (sulfide) groups is 1. The monoisotopic (exact) mass is 413 g/mol. The van der Waals surface area contributed by atoms with Crippen molar-refractivity contribution in [2.75, 3.05) is 6.54 Å². The molecular weight excluding hydrogens is 390 g/mol. The Labute approximate surface area is 173 Å². The van der Waals surface area contributed by atoms with Crippen LogP contribution in [0.2, 0.25) is 0 Å². The molecule has 3 rings (SSSR count). The Morgan fingerprint density at radius 3 is 2.48 bits per heavy atom. The van der Waals surface area contributed by atoms with Crippen LogP contribution in [0.15, 0.2) is 42.5 Å². The molecule has 0 aromatic heterocycles. The average molecular weight is 413 g/mol. The maximum Gasteiger partial charge on any atom is 0.326 e. The van der Waals surface area contributed by atoms with Crippen LogP contribution in [0.3, 0.4) is 0 Å². The molecule has 1 amide bonds. The van der Waals surface area contributed by atoms with E-state index in [1.54, 1.807) is 19.1 Å². The molecule has 0 spiro atoms. The predicted molar refractivity (Wildman–Crippen MR) is 112 cm³/mol. The number of hydrogen-bond acceptors (Lipinski definition) is 5. The molecule has 0 bridgehead atoms. The molecule has 29 heavy (non-hydrogen) atoms. The van der Waals surface area contributed by atoms with Gasteiger partial charge in [0, 0.05) is 19.0 Å². The number of nitrogens with zero attached hydrogens (tertiary/aromatic N) is 1. The van der Waals surface area contributed by atoms with Gasteiger partial charge in [0.2, 0.25) is 5.91 Å². The summed E-state index contributed by atoms with van der Waals surface area (Å²) in [5, 5.41) is 9.86. The van der Waals surface area contributed by atoms with E-state index < -0.39 is 29.1 Å². The first-order chi connectivity index (χ1) is 13.8. The Morgan fingerprint density at radius 2 is 1.79 bits per heavy atom. The number of Topliss-reactive ketones (excluding diaryl/α,β-unsaturated/α-hetero) is 1. The molecule has 2 aromatic rings. The van der Waals surface area contributed by atoms with Crippen molar-refractivity contribution in [3.8, 4) is 0 Å². The minimum absolute atomic E-state index is 0.264. The summed E-state index contributed by atoms with van der Waals surface area (Å²) in [5.41, 5.74) is 0.456. The number of amides is 1. The summed E-state index contributed by atoms with van der Waals surface area (Å²) < 4.78 is 0. The molecule has 0 saturated carbocycles. The lowest BCUT2D eigenvalue weighted by Crippen LogP contribution is -2.46. The van der Waals surface area contributed by atoms with E-state index in [2.05, 4.69) is 0 Å². The van der Waals surface area contributed by atoms with Gasteiger partial charge in [0.05, 0.1) is 11.2 Å². The van der Waals surface area contributed by atoms with Crippen LogP contribution in [-0.4, -0.2) is 50.6 Å². The average Bonchev–Trinajstić information content (AvgIpc) is 3.20. The van der Waals surface area contributed by atoms with E-state index in [0.717, 1.165) is 22.5 Å². The number of carboxylic acids is 1. The van der Waals surface area contributed by atoms with Gasteiger partial charge in [0.1, 0.15) is 6.04 Å². The summed E-state index contributed by atoms with van der Waals surface area (Å²) in [6, 6.07) is 12.0. The van der Waals surface area contributed by atoms with E-state index in [4.69, 9.17) is 0 Å². The summed E-state index contributed by atoms with van der Waals surface area (Å²) >= 11 is 0.833. The van der Waals surface area contributed by atoms with Crippen LogP contribution in [0.5, 0.6) is 0 Å². The van der Waals surface area contributed by atoms with E-state index in [-0.39, 0.29) is 10.9 Å². The number of likely N-dealkylation sites (tertiary alicyclic amines) is 1. The Kier molecular flexibility index (Phi) is 6.37. The minimum atomic E-state index is -1.04. The lowest BCUT2D eigenvalue weighted by atomic mass is 9.94. The van der Waals surface area contributed by atoms with Crippen molar-refractivity contribution in [1.29, 1.82) is 0 Å². The van der Waals surface area contributed by atoms with Crippen LogP contribution in [0, 0.1) is 5.92 Å². The van der Waals surface area contributed by atoms with Crippen LogP contribution in [0.4, 0.5) is 0 Å². The van der Waals surface area contributed by atoms with E-state index in [1.165, 1.54) is 11.8 Å². The second kappa shape index (κ2) is 8.78. The van der Waals surface area contributed by atoms with Crippen LogP contribution in [0.1, 0.15) is 37.0 Å². The summed E-state index contributed by atoms with van der Waals surface area (Å²) in [6.07, 6.45) is 1.01. The largest absolute Gasteiger partial charge is 0.480 e. The van der Waals surface area contributed by atoms with Gasteiger partial charge in [0.15, 0.2) is 10.9 Å². The Hall–Kier alpha value is -2.67. The highest BCUT2D eigenvalue weighted by Gasteiger charge is 2.40. The van der Waals surface area contributed by atoms with E-state index in [0.29, 0.717) is 24.9 Å². The van der Waals surface area contributed by atoms with Gasteiger partial charge in [-0.05, 0) is 23.6 Å². The molecule has 1 aliphatic rings. The number of rotatable bonds is 6. The highest BCUT2D eigenvalue weighted by Crippen LogP contribution is 2.31. The lowest BCUT2D eigenvalue weighted by molar-refractivity contribution is -0.149. The van der Waals surface area contributed by atoms with Gasteiger partial charge in [-0.15, -0.1) is 0 Å². The number of carbonyl (C=O) groups excluding carboxylic acids is 3. The molecule has 1 saturated heterocycles. The fourth-order valence-electron chi connectivity index (χ4n) is 3.83. The molecule has 6 nitrogen and oxygen atoms in total. The fourth-order valence-corrected chi connectivity index (χ4v) is 4.75. The first-order valence-corrected chi connectivity index (χ1v) is 10.4. The first-order valence-electron chi connectivity index (χ1n) is 9.53. The maximum atomic E-state index is 13.4. The third-order valence-electron chi connectivity index (χ3n) is 5.27. The van der Waals surface area contributed by atoms with Crippen molar-refractivity contribution < 1.29 is 24.3 Å². The van der Waals surface area contributed by atoms with Crippen molar-refractivity contribution in [2.24, 2.45) is 5.92 Å². The molecule has 1 heterocycles. The Morgan fingerprint density at radius 1 is 1.10 bits per heavy atom. The lowest BCUT2D eigenvalue weighted by Gasteiger charge is -2.28. The van der Waals surface area contributed by atoms with Gasteiger partial charge in [0.25, 0.3) is 0 Å². The number of fused-ring (bicyclic) bond motifs is 1. The minimum Gasteiger partial charge on any atom is -0.480 e. The Bertz CT molecular complexity index is 967. The van der Waals surface area contributed by atoms with Gasteiger partial charge in [-0.1, -0.05) is 61.2 Å². The zero-order valence-electron chi connectivity index (χ0n) is 16.3. The van der Waals surface area contributed by atoms with Gasteiger partial charge in [-0.3, -0.25) is 14.4 Å². The number of ketones is 1. The molecule has 2 aromatic carbocycles. The molecule has 1 N–H and O–H groups in total. The maximum absolute atomic E-state index is 13.4. The quantitative estimate of drug-likeness (QED) is 0.730. The van der Waals surface area contributed by atoms with Crippen LogP contribution in [-0.2, 0) is 14.4 Å². The molecule has 2 unspecified atom stereocenters. The smallest absolute Gasteiger partial charge is 0.326 e. The fraction of sp³-hybridized carbons (Fsp3) is 0.364. The molecule has 3 atom stereocenters. The molecule has 0 aliphatic carbocycles. The summed E-state index contributed by atoms with van der Waals surface area (Å²) in [7, 11) is 0. The highest BCUT2D eigenvalue weighted by molar-refractivity contribution is 8.14. The normalized spacial score (nSPS) is 18.4. The topological polar surface area (TPSA) is 91.8 Å². The van der Waals surface area contributed by atoms with Crippen LogP contribution >= 0.6 is 11.8 Å². The second-order valence-corrected chi connectivity index (χ2v) is 8.56. The van der Waals surface area contributed by atoms with Crippen LogP contribution < -0.4 is 0 Å². The number of carboxylic acid groups (broad SMARTS) is 1. The summed E-state index contributed by atoms with van der Waals surface area (Å²) in [6.45, 7) is 3.31. The van der Waals surface area contributed by atoms with Crippen LogP contribution in [0.25, 0.3) is 10.8 Å². The van der Waals surface area contributed by atoms with Crippen molar-refractivity contribution in [3.63, 3.8) is 0 Å². The standard InChI is InChI=1S/C22H23NO5S/c1-13(21(26)23-12-6-11-18(23)22(27)28)20(29-14(2)24)19(25)17-10-5-8-15-7-3-4-9-16(15)17/h3-5,7-10,13,18,20H,6,11-12H2,1-2H3,(H,27,28)/t13?,18-,20?/m0/s1. The predicted octanol–water partition coefficient (Wildman–Crippen LogP) is 3.38. The number of hydrogen-bond donors (Lipinski definition) is 1.